The summed E-state index contributed by atoms with van der Waals surface area (Å²) in [4.78, 5) is 11.2. The maximum absolute atomic E-state index is 5.60. The zero-order valence-corrected chi connectivity index (χ0v) is 27.0. The predicted molar refractivity (Wildman–Crippen MR) is 209 cm³/mol. The summed E-state index contributed by atoms with van der Waals surface area (Å²) in [5.41, 5.74) is 8.22. The van der Waals surface area contributed by atoms with E-state index in [-0.39, 0.29) is 0 Å². The first-order chi connectivity index (χ1) is 24.8. The van der Waals surface area contributed by atoms with Crippen LogP contribution in [0.5, 0.6) is 0 Å². The van der Waals surface area contributed by atoms with Crippen molar-refractivity contribution >= 4 is 76.1 Å². The molecule has 0 unspecified atom stereocenters. The van der Waals surface area contributed by atoms with E-state index in [1.54, 1.807) is 0 Å². The molecule has 0 saturated heterocycles. The number of benzene rings is 8. The number of fused-ring (bicyclic) bond motifs is 10. The van der Waals surface area contributed by atoms with Crippen LogP contribution in [0.15, 0.2) is 170 Å². The molecule has 3 aromatic heterocycles. The highest BCUT2D eigenvalue weighted by Gasteiger charge is 2.24. The summed E-state index contributed by atoms with van der Waals surface area (Å²) < 4.78 is 4.61. The summed E-state index contributed by atoms with van der Waals surface area (Å²) >= 11 is 0. The topological polar surface area (TPSA) is 35.6 Å². The molecule has 0 aliphatic carbocycles. The SMILES string of the molecule is c1ccc(-n2c3ccc4ccccc4c3c3nc(-n4c5ccccc5c5cc6ccccc6cc54)nc(-c4ccc5ccccc5c4)c32)cc1. The van der Waals surface area contributed by atoms with Crippen molar-refractivity contribution in [2.24, 2.45) is 0 Å². The van der Waals surface area contributed by atoms with E-state index in [0.717, 1.165) is 49.9 Å². The number of rotatable bonds is 3. The molecule has 0 aliphatic heterocycles. The number of hydrogen-bond donors (Lipinski definition) is 0. The molecule has 50 heavy (non-hydrogen) atoms. The molecule has 0 saturated carbocycles. The predicted octanol–water partition coefficient (Wildman–Crippen LogP) is 11.8. The molecule has 0 fully saturated rings. The van der Waals surface area contributed by atoms with Gasteiger partial charge < -0.3 is 4.57 Å². The Morgan fingerprint density at radius 3 is 1.84 bits per heavy atom. The van der Waals surface area contributed by atoms with Crippen molar-refractivity contribution in [2.75, 3.05) is 0 Å². The van der Waals surface area contributed by atoms with Gasteiger partial charge in [-0.25, -0.2) is 9.97 Å². The van der Waals surface area contributed by atoms with Crippen LogP contribution in [0.1, 0.15) is 0 Å². The molecule has 0 spiro atoms. The van der Waals surface area contributed by atoms with Crippen molar-refractivity contribution in [3.63, 3.8) is 0 Å². The summed E-state index contributed by atoms with van der Waals surface area (Å²) in [6, 6.07) is 60.7. The van der Waals surface area contributed by atoms with Gasteiger partial charge in [-0.1, -0.05) is 127 Å². The molecule has 4 heteroatoms. The van der Waals surface area contributed by atoms with Gasteiger partial charge >= 0.3 is 0 Å². The minimum atomic E-state index is 0.655. The van der Waals surface area contributed by atoms with E-state index in [9.17, 15) is 0 Å². The third-order valence-corrected chi connectivity index (χ3v) is 10.3. The Morgan fingerprint density at radius 1 is 0.380 bits per heavy atom. The Labute approximate surface area is 287 Å². The van der Waals surface area contributed by atoms with Crippen LogP contribution in [-0.2, 0) is 0 Å². The summed E-state index contributed by atoms with van der Waals surface area (Å²) in [6.07, 6.45) is 0. The number of nitrogens with zero attached hydrogens (tertiary/aromatic N) is 4. The first-order valence-electron chi connectivity index (χ1n) is 17.0. The molecule has 0 bridgehead atoms. The van der Waals surface area contributed by atoms with Crippen molar-refractivity contribution in [1.82, 2.24) is 19.1 Å². The Kier molecular flexibility index (Phi) is 5.63. The van der Waals surface area contributed by atoms with E-state index < -0.39 is 0 Å². The van der Waals surface area contributed by atoms with Gasteiger partial charge in [0.15, 0.2) is 0 Å². The van der Waals surface area contributed by atoms with Crippen LogP contribution in [0.25, 0.3) is 99.0 Å². The fraction of sp³-hybridized carbons (Fsp3) is 0. The average Bonchev–Trinajstić information content (AvgIpc) is 3.69. The highest BCUT2D eigenvalue weighted by Crippen LogP contribution is 2.42. The van der Waals surface area contributed by atoms with E-state index in [1.165, 1.54) is 43.1 Å². The Morgan fingerprint density at radius 2 is 1.02 bits per heavy atom. The lowest BCUT2D eigenvalue weighted by molar-refractivity contribution is 1.01. The normalized spacial score (nSPS) is 12.0. The Bertz CT molecular complexity index is 3150. The minimum absolute atomic E-state index is 0.655. The lowest BCUT2D eigenvalue weighted by Crippen LogP contribution is -2.05. The van der Waals surface area contributed by atoms with Crippen LogP contribution in [0.4, 0.5) is 0 Å². The molecule has 11 rings (SSSR count). The van der Waals surface area contributed by atoms with E-state index in [1.807, 2.05) is 0 Å². The van der Waals surface area contributed by atoms with Gasteiger partial charge in [-0.2, -0.15) is 0 Å². The molecule has 0 radical (unpaired) electrons. The number of hydrogen-bond acceptors (Lipinski definition) is 2. The molecule has 232 valence electrons. The molecular weight excluding hydrogens is 609 g/mol. The summed E-state index contributed by atoms with van der Waals surface area (Å²) in [7, 11) is 0. The highest BCUT2D eigenvalue weighted by atomic mass is 15.2. The molecule has 3 heterocycles. The second-order valence-corrected chi connectivity index (χ2v) is 13.1. The third kappa shape index (κ3) is 3.87. The summed E-state index contributed by atoms with van der Waals surface area (Å²) in [5.74, 6) is 0.655. The lowest BCUT2D eigenvalue weighted by atomic mass is 10.0. The maximum atomic E-state index is 5.60. The van der Waals surface area contributed by atoms with E-state index in [4.69, 9.17) is 9.97 Å². The van der Waals surface area contributed by atoms with Gasteiger partial charge in [0.05, 0.1) is 22.1 Å². The van der Waals surface area contributed by atoms with Crippen LogP contribution < -0.4 is 0 Å². The highest BCUT2D eigenvalue weighted by molar-refractivity contribution is 6.22. The number of para-hydroxylation sites is 2. The van der Waals surface area contributed by atoms with E-state index >= 15 is 0 Å². The maximum Gasteiger partial charge on any atom is 0.235 e. The Hall–Kier alpha value is -6.78. The fourth-order valence-electron chi connectivity index (χ4n) is 8.00. The van der Waals surface area contributed by atoms with Crippen LogP contribution in [0, 0.1) is 0 Å². The standard InChI is InChI=1S/C46H28N4/c1-2-17-35(18-3-1)49-40-25-24-30-13-8-9-19-36(30)42(40)44-45(49)43(34-23-22-29-12-4-5-14-31(29)26-34)47-46(48-44)50-39-21-11-10-20-37(39)38-27-32-15-6-7-16-33(32)28-41(38)50/h1-28H. The monoisotopic (exact) mass is 636 g/mol. The molecule has 0 aliphatic rings. The number of aromatic nitrogens is 4. The van der Waals surface area contributed by atoms with Gasteiger partial charge in [0.25, 0.3) is 0 Å². The van der Waals surface area contributed by atoms with E-state index in [2.05, 4.69) is 179 Å². The molecule has 8 aromatic carbocycles. The van der Waals surface area contributed by atoms with Gasteiger partial charge in [0.1, 0.15) is 11.2 Å². The molecule has 0 N–H and O–H groups in total. The van der Waals surface area contributed by atoms with Crippen LogP contribution in [-0.4, -0.2) is 19.1 Å². The zero-order chi connectivity index (χ0) is 32.8. The van der Waals surface area contributed by atoms with Crippen molar-refractivity contribution in [1.29, 1.82) is 0 Å². The smallest absolute Gasteiger partial charge is 0.235 e. The first-order valence-corrected chi connectivity index (χ1v) is 17.0. The molecule has 4 nitrogen and oxygen atoms in total. The third-order valence-electron chi connectivity index (χ3n) is 10.3. The van der Waals surface area contributed by atoms with Crippen LogP contribution >= 0.6 is 0 Å². The van der Waals surface area contributed by atoms with Crippen molar-refractivity contribution in [2.45, 2.75) is 0 Å². The lowest BCUT2D eigenvalue weighted by Gasteiger charge is -2.14. The van der Waals surface area contributed by atoms with Gasteiger partial charge in [-0.3, -0.25) is 4.57 Å². The molecular formula is C46H28N4. The zero-order valence-electron chi connectivity index (χ0n) is 27.0. The van der Waals surface area contributed by atoms with Crippen molar-refractivity contribution in [3.05, 3.63) is 170 Å². The van der Waals surface area contributed by atoms with Gasteiger partial charge in [0.2, 0.25) is 5.95 Å². The minimum Gasteiger partial charge on any atom is -0.306 e. The second kappa shape index (κ2) is 10.4. The average molecular weight is 637 g/mol. The summed E-state index contributed by atoms with van der Waals surface area (Å²) in [6.45, 7) is 0. The van der Waals surface area contributed by atoms with Gasteiger partial charge in [-0.05, 0) is 74.8 Å². The second-order valence-electron chi connectivity index (χ2n) is 13.1. The first kappa shape index (κ1) is 27.2. The molecule has 11 aromatic rings. The van der Waals surface area contributed by atoms with Gasteiger partial charge in [-0.15, -0.1) is 0 Å². The van der Waals surface area contributed by atoms with Crippen LogP contribution in [0.2, 0.25) is 0 Å². The largest absolute Gasteiger partial charge is 0.306 e. The molecule has 0 atom stereocenters. The molecule has 0 amide bonds. The van der Waals surface area contributed by atoms with E-state index in [0.29, 0.717) is 5.95 Å². The fourth-order valence-corrected chi connectivity index (χ4v) is 8.00. The quantitative estimate of drug-likeness (QED) is 0.193. The van der Waals surface area contributed by atoms with Crippen molar-refractivity contribution < 1.29 is 0 Å². The van der Waals surface area contributed by atoms with Crippen LogP contribution in [0.3, 0.4) is 0 Å². The van der Waals surface area contributed by atoms with Crippen molar-refractivity contribution in [3.8, 4) is 22.9 Å². The van der Waals surface area contributed by atoms with Gasteiger partial charge in [0, 0.05) is 27.4 Å². The summed E-state index contributed by atoms with van der Waals surface area (Å²) in [5, 5.41) is 10.6. The Balaban J connectivity index is 1.36.